The minimum absolute atomic E-state index is 0.0472. The van der Waals surface area contributed by atoms with Crippen LogP contribution in [0.4, 0.5) is 5.69 Å². The third-order valence-electron chi connectivity index (χ3n) is 3.26. The van der Waals surface area contributed by atoms with E-state index in [1.165, 1.54) is 11.1 Å². The van der Waals surface area contributed by atoms with Crippen molar-refractivity contribution in [3.63, 3.8) is 0 Å². The zero-order valence-electron chi connectivity index (χ0n) is 10.7. The molecule has 7 heteroatoms. The first-order chi connectivity index (χ1) is 8.90. The first kappa shape index (κ1) is 13.1. The molecular weight excluding hydrogens is 250 g/mol. The molecule has 19 heavy (non-hydrogen) atoms. The van der Waals surface area contributed by atoms with Gasteiger partial charge in [-0.1, -0.05) is 0 Å². The summed E-state index contributed by atoms with van der Waals surface area (Å²) in [6, 6.07) is 0. The number of aryl methyl sites for hydroxylation is 1. The number of nitrogens with zero attached hydrogens (tertiary/aromatic N) is 1. The number of carboxylic acids is 1. The number of carboxylic acid groups (broad SMARTS) is 1. The zero-order valence-corrected chi connectivity index (χ0v) is 10.7. The van der Waals surface area contributed by atoms with Gasteiger partial charge in [0.25, 0.3) is 0 Å². The number of rotatable bonds is 3. The number of hydrogen-bond acceptors (Lipinski definition) is 3. The van der Waals surface area contributed by atoms with Crippen LogP contribution in [0, 0.1) is 12.8 Å². The molecule has 102 valence electrons. The third kappa shape index (κ3) is 2.44. The van der Waals surface area contributed by atoms with Gasteiger partial charge in [-0.25, -0.2) is 4.79 Å². The lowest BCUT2D eigenvalue weighted by Crippen LogP contribution is -2.26. The Labute approximate surface area is 109 Å². The quantitative estimate of drug-likeness (QED) is 0.737. The Bertz CT molecular complexity index is 549. The van der Waals surface area contributed by atoms with Crippen molar-refractivity contribution in [2.24, 2.45) is 5.92 Å². The van der Waals surface area contributed by atoms with Crippen molar-refractivity contribution in [3.8, 4) is 0 Å². The summed E-state index contributed by atoms with van der Waals surface area (Å²) in [4.78, 5) is 38.7. The molecule has 1 fully saturated rings. The second kappa shape index (κ2) is 4.75. The van der Waals surface area contributed by atoms with Crippen LogP contribution in [0.1, 0.15) is 22.5 Å². The van der Waals surface area contributed by atoms with Crippen molar-refractivity contribution in [2.75, 3.05) is 18.9 Å². The van der Waals surface area contributed by atoms with Crippen molar-refractivity contribution in [1.82, 2.24) is 9.88 Å². The molecule has 0 saturated carbocycles. The number of aromatic carboxylic acids is 1. The third-order valence-corrected chi connectivity index (χ3v) is 3.26. The van der Waals surface area contributed by atoms with Crippen LogP contribution < -0.4 is 5.32 Å². The Morgan fingerprint density at radius 1 is 1.53 bits per heavy atom. The van der Waals surface area contributed by atoms with Crippen LogP contribution in [-0.4, -0.2) is 46.4 Å². The Morgan fingerprint density at radius 2 is 2.21 bits per heavy atom. The molecule has 3 N–H and O–H groups in total. The number of hydrogen-bond donors (Lipinski definition) is 3. The van der Waals surface area contributed by atoms with Gasteiger partial charge in [0, 0.05) is 31.9 Å². The fraction of sp³-hybridized carbons (Fsp3) is 0.417. The number of aromatic nitrogens is 1. The maximum absolute atomic E-state index is 12.0. The summed E-state index contributed by atoms with van der Waals surface area (Å²) < 4.78 is 0. The minimum Gasteiger partial charge on any atom is -0.478 e. The molecule has 0 bridgehead atoms. The summed E-state index contributed by atoms with van der Waals surface area (Å²) in [5.74, 6) is -1.95. The summed E-state index contributed by atoms with van der Waals surface area (Å²) in [7, 11) is 1.64. The van der Waals surface area contributed by atoms with E-state index < -0.39 is 11.9 Å². The summed E-state index contributed by atoms with van der Waals surface area (Å²) in [5.41, 5.74) is 0.755. The van der Waals surface area contributed by atoms with Gasteiger partial charge in [-0.2, -0.15) is 0 Å². The van der Waals surface area contributed by atoms with Gasteiger partial charge in [-0.3, -0.25) is 9.59 Å². The standard InChI is InChI=1S/C12H15N3O4/c1-6-10(12(18)19)8(4-13-6)14-11(17)7-3-9(16)15(2)5-7/h4,7,13H,3,5H2,1-2H3,(H,14,17)(H,18,19). The van der Waals surface area contributed by atoms with Gasteiger partial charge in [0.1, 0.15) is 5.56 Å². The van der Waals surface area contributed by atoms with Gasteiger partial charge in [-0.05, 0) is 6.92 Å². The minimum atomic E-state index is -1.10. The van der Waals surface area contributed by atoms with Gasteiger partial charge in [0.05, 0.1) is 11.6 Å². The molecule has 0 spiro atoms. The smallest absolute Gasteiger partial charge is 0.339 e. The SMILES string of the molecule is Cc1[nH]cc(NC(=O)C2CC(=O)N(C)C2)c1C(=O)O. The van der Waals surface area contributed by atoms with E-state index >= 15 is 0 Å². The van der Waals surface area contributed by atoms with Crippen molar-refractivity contribution in [3.05, 3.63) is 17.5 Å². The van der Waals surface area contributed by atoms with Gasteiger partial charge in [-0.15, -0.1) is 0 Å². The molecule has 2 rings (SSSR count). The summed E-state index contributed by atoms with van der Waals surface area (Å²) in [6.07, 6.45) is 1.60. The van der Waals surface area contributed by atoms with E-state index in [1.54, 1.807) is 14.0 Å². The van der Waals surface area contributed by atoms with E-state index in [-0.39, 0.29) is 29.5 Å². The first-order valence-electron chi connectivity index (χ1n) is 5.86. The predicted octanol–water partition coefficient (Wildman–Crippen LogP) is 0.438. The van der Waals surface area contributed by atoms with Crippen LogP contribution in [0.15, 0.2) is 6.20 Å². The monoisotopic (exact) mass is 265 g/mol. The highest BCUT2D eigenvalue weighted by Gasteiger charge is 2.32. The number of likely N-dealkylation sites (tertiary alicyclic amines) is 1. The molecule has 1 unspecified atom stereocenters. The molecule has 0 radical (unpaired) electrons. The van der Waals surface area contributed by atoms with Crippen LogP contribution in [-0.2, 0) is 9.59 Å². The number of carbonyl (C=O) groups is 3. The summed E-state index contributed by atoms with van der Waals surface area (Å²) >= 11 is 0. The van der Waals surface area contributed by atoms with E-state index in [1.807, 2.05) is 0 Å². The highest BCUT2D eigenvalue weighted by atomic mass is 16.4. The maximum Gasteiger partial charge on any atom is 0.339 e. The van der Waals surface area contributed by atoms with Crippen LogP contribution >= 0.6 is 0 Å². The maximum atomic E-state index is 12.0. The van der Waals surface area contributed by atoms with Crippen LogP contribution in [0.25, 0.3) is 0 Å². The molecule has 0 aromatic carbocycles. The van der Waals surface area contributed by atoms with Gasteiger partial charge in [0.2, 0.25) is 11.8 Å². The molecule has 0 aliphatic carbocycles. The summed E-state index contributed by atoms with van der Waals surface area (Å²) in [6.45, 7) is 1.97. The molecule has 1 saturated heterocycles. The zero-order chi connectivity index (χ0) is 14.2. The number of amides is 2. The molecule has 1 aromatic rings. The molecular formula is C12H15N3O4. The van der Waals surface area contributed by atoms with Crippen molar-refractivity contribution >= 4 is 23.5 Å². The summed E-state index contributed by atoms with van der Waals surface area (Å²) in [5, 5.41) is 11.6. The lowest BCUT2D eigenvalue weighted by molar-refractivity contribution is -0.127. The van der Waals surface area contributed by atoms with Crippen molar-refractivity contribution < 1.29 is 19.5 Å². The molecule has 7 nitrogen and oxygen atoms in total. The normalized spacial score (nSPS) is 18.7. The predicted molar refractivity (Wildman–Crippen MR) is 66.9 cm³/mol. The number of anilines is 1. The Morgan fingerprint density at radius 3 is 2.74 bits per heavy atom. The average Bonchev–Trinajstić information content (AvgIpc) is 2.84. The molecule has 1 aliphatic heterocycles. The number of carbonyl (C=O) groups excluding carboxylic acids is 2. The van der Waals surface area contributed by atoms with E-state index in [9.17, 15) is 14.4 Å². The van der Waals surface area contributed by atoms with E-state index in [0.29, 0.717) is 12.2 Å². The van der Waals surface area contributed by atoms with E-state index in [4.69, 9.17) is 5.11 Å². The molecule has 2 heterocycles. The molecule has 1 atom stereocenters. The topological polar surface area (TPSA) is 103 Å². The lowest BCUT2D eigenvalue weighted by Gasteiger charge is -2.10. The fourth-order valence-electron chi connectivity index (χ4n) is 2.17. The lowest BCUT2D eigenvalue weighted by atomic mass is 10.1. The van der Waals surface area contributed by atoms with E-state index in [2.05, 4.69) is 10.3 Å². The van der Waals surface area contributed by atoms with Gasteiger partial charge < -0.3 is 20.3 Å². The largest absolute Gasteiger partial charge is 0.478 e. The Balaban J connectivity index is 2.12. The first-order valence-corrected chi connectivity index (χ1v) is 5.86. The number of H-pyrrole nitrogens is 1. The Kier molecular flexibility index (Phi) is 3.28. The highest BCUT2D eigenvalue weighted by Crippen LogP contribution is 2.22. The number of aromatic amines is 1. The second-order valence-electron chi connectivity index (χ2n) is 4.67. The van der Waals surface area contributed by atoms with Crippen molar-refractivity contribution in [1.29, 1.82) is 0 Å². The molecule has 1 aliphatic rings. The van der Waals surface area contributed by atoms with Crippen molar-refractivity contribution in [2.45, 2.75) is 13.3 Å². The number of nitrogens with one attached hydrogen (secondary N) is 2. The Hall–Kier alpha value is -2.31. The fourth-order valence-corrected chi connectivity index (χ4v) is 2.17. The van der Waals surface area contributed by atoms with Crippen LogP contribution in [0.3, 0.4) is 0 Å². The van der Waals surface area contributed by atoms with Gasteiger partial charge in [0.15, 0.2) is 0 Å². The van der Waals surface area contributed by atoms with Crippen LogP contribution in [0.5, 0.6) is 0 Å². The van der Waals surface area contributed by atoms with E-state index in [0.717, 1.165) is 0 Å². The second-order valence-corrected chi connectivity index (χ2v) is 4.67. The molecule has 2 amide bonds. The molecule has 1 aromatic heterocycles. The highest BCUT2D eigenvalue weighted by molar-refractivity contribution is 6.03. The average molecular weight is 265 g/mol. The van der Waals surface area contributed by atoms with Gasteiger partial charge >= 0.3 is 5.97 Å². The van der Waals surface area contributed by atoms with Crippen LogP contribution in [0.2, 0.25) is 0 Å².